The lowest BCUT2D eigenvalue weighted by Gasteiger charge is -2.17. The van der Waals surface area contributed by atoms with Gasteiger partial charge in [0.25, 0.3) is 11.8 Å². The standard InChI is InChI=1S/C18H18N2O3/c21-14(9-6-11-4-2-1-3-5-11)19-20-17(22)15-12-7-8-13(10-12)16(15)18(20)23/h1-5,7-8,12-13,15-16H,6,9-10H2,(H,19,21)/t12-,13+,15-,16+. The molecular weight excluding hydrogens is 292 g/mol. The van der Waals surface area contributed by atoms with Crippen LogP contribution in [-0.2, 0) is 20.8 Å². The zero-order valence-corrected chi connectivity index (χ0v) is 12.6. The van der Waals surface area contributed by atoms with E-state index >= 15 is 0 Å². The van der Waals surface area contributed by atoms with E-state index in [0.717, 1.165) is 17.0 Å². The molecule has 1 aromatic rings. The van der Waals surface area contributed by atoms with E-state index in [2.05, 4.69) is 5.43 Å². The highest BCUT2D eigenvalue weighted by molar-refractivity contribution is 6.07. The van der Waals surface area contributed by atoms with Gasteiger partial charge in [-0.1, -0.05) is 42.5 Å². The van der Waals surface area contributed by atoms with E-state index in [1.165, 1.54) is 0 Å². The predicted octanol–water partition coefficient (Wildman–Crippen LogP) is 1.46. The maximum absolute atomic E-state index is 12.5. The van der Waals surface area contributed by atoms with Crippen molar-refractivity contribution < 1.29 is 14.4 Å². The second-order valence-corrected chi connectivity index (χ2v) is 6.53. The number of nitrogens with one attached hydrogen (secondary N) is 1. The first-order chi connectivity index (χ1) is 11.1. The molecule has 3 amide bonds. The van der Waals surface area contributed by atoms with Gasteiger partial charge in [0.2, 0.25) is 5.91 Å². The van der Waals surface area contributed by atoms with Gasteiger partial charge in [0.15, 0.2) is 0 Å². The molecule has 0 unspecified atom stereocenters. The van der Waals surface area contributed by atoms with Crippen molar-refractivity contribution in [1.29, 1.82) is 0 Å². The Morgan fingerprint density at radius 1 is 1.04 bits per heavy atom. The summed E-state index contributed by atoms with van der Waals surface area (Å²) in [6.07, 6.45) is 5.81. The molecule has 2 bridgehead atoms. The zero-order valence-electron chi connectivity index (χ0n) is 12.6. The summed E-state index contributed by atoms with van der Waals surface area (Å²) < 4.78 is 0. The highest BCUT2D eigenvalue weighted by Crippen LogP contribution is 2.52. The molecule has 1 heterocycles. The van der Waals surface area contributed by atoms with Crippen molar-refractivity contribution in [2.45, 2.75) is 19.3 Å². The number of amides is 3. The molecule has 0 radical (unpaired) electrons. The number of allylic oxidation sites excluding steroid dienone is 2. The molecule has 0 spiro atoms. The fraction of sp³-hybridized carbons (Fsp3) is 0.389. The first-order valence-corrected chi connectivity index (χ1v) is 8.04. The largest absolute Gasteiger partial charge is 0.273 e. The van der Waals surface area contributed by atoms with Crippen LogP contribution in [0.4, 0.5) is 0 Å². The number of benzene rings is 1. The van der Waals surface area contributed by atoms with Crippen LogP contribution in [0.2, 0.25) is 0 Å². The number of hydrazine groups is 1. The molecule has 5 nitrogen and oxygen atoms in total. The Morgan fingerprint density at radius 3 is 2.26 bits per heavy atom. The molecule has 1 aromatic carbocycles. The van der Waals surface area contributed by atoms with Crippen molar-refractivity contribution >= 4 is 17.7 Å². The van der Waals surface area contributed by atoms with E-state index in [-0.39, 0.29) is 47.8 Å². The molecule has 118 valence electrons. The van der Waals surface area contributed by atoms with E-state index in [1.807, 2.05) is 42.5 Å². The van der Waals surface area contributed by atoms with Gasteiger partial charge in [0.1, 0.15) is 0 Å². The molecular formula is C18H18N2O3. The highest BCUT2D eigenvalue weighted by Gasteiger charge is 2.59. The quantitative estimate of drug-likeness (QED) is 0.676. The number of nitrogens with zero attached hydrogens (tertiary/aromatic N) is 1. The van der Waals surface area contributed by atoms with E-state index in [4.69, 9.17) is 0 Å². The summed E-state index contributed by atoms with van der Waals surface area (Å²) in [7, 11) is 0. The fourth-order valence-electron chi connectivity index (χ4n) is 4.10. The fourth-order valence-corrected chi connectivity index (χ4v) is 4.10. The Bertz CT molecular complexity index is 667. The lowest BCUT2D eigenvalue weighted by molar-refractivity contribution is -0.149. The van der Waals surface area contributed by atoms with Gasteiger partial charge < -0.3 is 0 Å². The van der Waals surface area contributed by atoms with Crippen LogP contribution in [0.15, 0.2) is 42.5 Å². The molecule has 1 saturated heterocycles. The first kappa shape index (κ1) is 14.2. The number of carbonyl (C=O) groups is 3. The molecule has 1 aliphatic heterocycles. The van der Waals surface area contributed by atoms with Crippen LogP contribution in [-0.4, -0.2) is 22.7 Å². The van der Waals surface area contributed by atoms with Gasteiger partial charge in [-0.3, -0.25) is 19.8 Å². The lowest BCUT2D eigenvalue weighted by atomic mass is 9.85. The number of hydrogen-bond acceptors (Lipinski definition) is 3. The second kappa shape index (κ2) is 5.33. The number of aryl methyl sites for hydroxylation is 1. The van der Waals surface area contributed by atoms with E-state index in [1.54, 1.807) is 0 Å². The molecule has 0 aromatic heterocycles. The van der Waals surface area contributed by atoms with Gasteiger partial charge in [-0.25, -0.2) is 0 Å². The Labute approximate surface area is 134 Å². The zero-order chi connectivity index (χ0) is 16.0. The summed E-state index contributed by atoms with van der Waals surface area (Å²) in [5.74, 6) is -1.01. The summed E-state index contributed by atoms with van der Waals surface area (Å²) in [5.41, 5.74) is 3.57. The Morgan fingerprint density at radius 2 is 1.65 bits per heavy atom. The summed E-state index contributed by atoms with van der Waals surface area (Å²) in [4.78, 5) is 37.0. The smallest absolute Gasteiger partial charge is 0.252 e. The maximum Gasteiger partial charge on any atom is 0.252 e. The van der Waals surface area contributed by atoms with Crippen molar-refractivity contribution in [3.05, 3.63) is 48.0 Å². The topological polar surface area (TPSA) is 66.5 Å². The molecule has 23 heavy (non-hydrogen) atoms. The SMILES string of the molecule is O=C(CCc1ccccc1)NN1C(=O)[C@@H]2[C@H](C1=O)[C@@H]1C=C[C@H]2C1. The van der Waals surface area contributed by atoms with Crippen LogP contribution in [0.3, 0.4) is 0 Å². The molecule has 1 saturated carbocycles. The average Bonchev–Trinajstić information content (AvgIpc) is 3.24. The summed E-state index contributed by atoms with van der Waals surface area (Å²) in [6, 6.07) is 9.67. The van der Waals surface area contributed by atoms with E-state index in [0.29, 0.717) is 6.42 Å². The minimum absolute atomic E-state index is 0.160. The Hall–Kier alpha value is -2.43. The van der Waals surface area contributed by atoms with Crippen LogP contribution < -0.4 is 5.43 Å². The van der Waals surface area contributed by atoms with Crippen LogP contribution in [0, 0.1) is 23.7 Å². The molecule has 4 rings (SSSR count). The van der Waals surface area contributed by atoms with Crippen LogP contribution in [0.5, 0.6) is 0 Å². The average molecular weight is 310 g/mol. The lowest BCUT2D eigenvalue weighted by Crippen LogP contribution is -2.47. The monoisotopic (exact) mass is 310 g/mol. The number of rotatable bonds is 4. The molecule has 2 fully saturated rings. The van der Waals surface area contributed by atoms with Crippen LogP contribution in [0.1, 0.15) is 18.4 Å². The van der Waals surface area contributed by atoms with Crippen molar-refractivity contribution in [3.63, 3.8) is 0 Å². The maximum atomic E-state index is 12.5. The number of fused-ring (bicyclic) bond motifs is 5. The third kappa shape index (κ3) is 2.27. The van der Waals surface area contributed by atoms with Crippen molar-refractivity contribution in [3.8, 4) is 0 Å². The van der Waals surface area contributed by atoms with Crippen LogP contribution in [0.25, 0.3) is 0 Å². The third-order valence-electron chi connectivity index (χ3n) is 5.19. The third-order valence-corrected chi connectivity index (χ3v) is 5.19. The summed E-state index contributed by atoms with van der Waals surface area (Å²) in [6.45, 7) is 0. The molecule has 5 heteroatoms. The number of imide groups is 1. The number of hydrogen-bond donors (Lipinski definition) is 1. The van der Waals surface area contributed by atoms with E-state index < -0.39 is 0 Å². The van der Waals surface area contributed by atoms with E-state index in [9.17, 15) is 14.4 Å². The van der Waals surface area contributed by atoms with Gasteiger partial charge in [-0.2, -0.15) is 5.01 Å². The Balaban J connectivity index is 1.39. The minimum atomic E-state index is -0.296. The van der Waals surface area contributed by atoms with Crippen molar-refractivity contribution in [2.75, 3.05) is 0 Å². The minimum Gasteiger partial charge on any atom is -0.273 e. The number of carbonyl (C=O) groups excluding carboxylic acids is 3. The van der Waals surface area contributed by atoms with Gasteiger partial charge in [0.05, 0.1) is 11.8 Å². The van der Waals surface area contributed by atoms with Crippen molar-refractivity contribution in [1.82, 2.24) is 10.4 Å². The van der Waals surface area contributed by atoms with Crippen molar-refractivity contribution in [2.24, 2.45) is 23.7 Å². The molecule has 1 N–H and O–H groups in total. The summed E-state index contributed by atoms with van der Waals surface area (Å²) in [5, 5.41) is 0.967. The molecule has 3 aliphatic rings. The van der Waals surface area contributed by atoms with Gasteiger partial charge >= 0.3 is 0 Å². The first-order valence-electron chi connectivity index (χ1n) is 8.04. The molecule has 2 aliphatic carbocycles. The van der Waals surface area contributed by atoms with Crippen LogP contribution >= 0.6 is 0 Å². The van der Waals surface area contributed by atoms with Gasteiger partial charge in [-0.15, -0.1) is 0 Å². The summed E-state index contributed by atoms with van der Waals surface area (Å²) >= 11 is 0. The highest BCUT2D eigenvalue weighted by atomic mass is 16.2. The van der Waals surface area contributed by atoms with Gasteiger partial charge in [-0.05, 0) is 30.2 Å². The Kier molecular flexibility index (Phi) is 3.29. The second-order valence-electron chi connectivity index (χ2n) is 6.53. The normalized spacial score (nSPS) is 30.9. The van der Waals surface area contributed by atoms with Gasteiger partial charge in [0, 0.05) is 6.42 Å². The molecule has 4 atom stereocenters. The predicted molar refractivity (Wildman–Crippen MR) is 82.5 cm³/mol.